The molecule has 0 saturated heterocycles. The molecule has 0 aromatic heterocycles. The molecule has 21 heavy (non-hydrogen) atoms. The van der Waals surface area contributed by atoms with Crippen molar-refractivity contribution in [2.24, 2.45) is 0 Å². The summed E-state index contributed by atoms with van der Waals surface area (Å²) in [4.78, 5) is 21.9. The fourth-order valence-electron chi connectivity index (χ4n) is 1.68. The molecule has 2 rings (SSSR count). The number of hydrogen-bond donors (Lipinski definition) is 1. The minimum Gasteiger partial charge on any atom is -0.348 e. The largest absolute Gasteiger partial charge is 0.348 e. The van der Waals surface area contributed by atoms with E-state index < -0.39 is 10.8 Å². The predicted octanol–water partition coefficient (Wildman–Crippen LogP) is 3.32. The topological polar surface area (TPSA) is 72.2 Å². The van der Waals surface area contributed by atoms with E-state index in [-0.39, 0.29) is 28.6 Å². The fourth-order valence-corrected chi connectivity index (χ4v) is 1.93. The van der Waals surface area contributed by atoms with Crippen LogP contribution in [0.3, 0.4) is 0 Å². The van der Waals surface area contributed by atoms with Crippen molar-refractivity contribution in [3.8, 4) is 0 Å². The van der Waals surface area contributed by atoms with Crippen molar-refractivity contribution >= 4 is 23.2 Å². The van der Waals surface area contributed by atoms with E-state index in [0.717, 1.165) is 5.56 Å². The summed E-state index contributed by atoms with van der Waals surface area (Å²) in [5.74, 6) is -0.775. The Balaban J connectivity index is 2.05. The van der Waals surface area contributed by atoms with Crippen LogP contribution in [0.4, 0.5) is 10.1 Å². The summed E-state index contributed by atoms with van der Waals surface area (Å²) in [5.41, 5.74) is 0.692. The Morgan fingerprint density at radius 3 is 2.48 bits per heavy atom. The third-order valence-electron chi connectivity index (χ3n) is 2.77. The molecule has 0 spiro atoms. The van der Waals surface area contributed by atoms with Crippen LogP contribution in [-0.2, 0) is 6.54 Å². The van der Waals surface area contributed by atoms with Gasteiger partial charge in [0.2, 0.25) is 0 Å². The van der Waals surface area contributed by atoms with Gasteiger partial charge in [0.15, 0.2) is 0 Å². The summed E-state index contributed by atoms with van der Waals surface area (Å²) in [6.07, 6.45) is 0. The number of rotatable bonds is 4. The summed E-state index contributed by atoms with van der Waals surface area (Å²) in [7, 11) is 0. The van der Waals surface area contributed by atoms with Gasteiger partial charge in [-0.2, -0.15) is 0 Å². The maximum absolute atomic E-state index is 12.7. The highest BCUT2D eigenvalue weighted by Crippen LogP contribution is 2.24. The number of halogens is 2. The van der Waals surface area contributed by atoms with E-state index in [2.05, 4.69) is 5.32 Å². The van der Waals surface area contributed by atoms with E-state index in [0.29, 0.717) is 0 Å². The smallest absolute Gasteiger partial charge is 0.287 e. The molecule has 0 bridgehead atoms. The van der Waals surface area contributed by atoms with Crippen molar-refractivity contribution in [3.05, 3.63) is 74.5 Å². The highest BCUT2D eigenvalue weighted by Gasteiger charge is 2.15. The van der Waals surface area contributed by atoms with E-state index in [4.69, 9.17) is 11.6 Å². The number of benzene rings is 2. The van der Waals surface area contributed by atoms with Gasteiger partial charge in [0.1, 0.15) is 10.8 Å². The maximum Gasteiger partial charge on any atom is 0.287 e. The number of carbonyl (C=O) groups excluding carboxylic acids is 1. The third-order valence-corrected chi connectivity index (χ3v) is 3.08. The van der Waals surface area contributed by atoms with E-state index in [1.54, 1.807) is 12.1 Å². The van der Waals surface area contributed by atoms with Crippen LogP contribution >= 0.6 is 11.6 Å². The van der Waals surface area contributed by atoms with Crippen LogP contribution < -0.4 is 5.32 Å². The lowest BCUT2D eigenvalue weighted by molar-refractivity contribution is -0.384. The lowest BCUT2D eigenvalue weighted by Gasteiger charge is -2.06. The Bertz CT molecular complexity index is 689. The SMILES string of the molecule is O=C(NCc1ccc(F)cc1)c1ccc([N+](=O)[O-])c(Cl)c1. The van der Waals surface area contributed by atoms with Gasteiger partial charge in [-0.05, 0) is 29.8 Å². The van der Waals surface area contributed by atoms with Gasteiger partial charge in [-0.25, -0.2) is 4.39 Å². The van der Waals surface area contributed by atoms with E-state index in [1.807, 2.05) is 0 Å². The van der Waals surface area contributed by atoms with Crippen LogP contribution in [0.5, 0.6) is 0 Å². The molecule has 0 atom stereocenters. The number of nitro benzene ring substituents is 1. The van der Waals surface area contributed by atoms with Crippen molar-refractivity contribution < 1.29 is 14.1 Å². The predicted molar refractivity (Wildman–Crippen MR) is 75.7 cm³/mol. The minimum atomic E-state index is -0.622. The number of hydrogen-bond acceptors (Lipinski definition) is 3. The van der Waals surface area contributed by atoms with E-state index in [1.165, 1.54) is 30.3 Å². The molecule has 108 valence electrons. The third kappa shape index (κ3) is 3.76. The Kier molecular flexibility index (Phi) is 4.49. The van der Waals surface area contributed by atoms with Crippen LogP contribution in [0.25, 0.3) is 0 Å². The summed E-state index contributed by atoms with van der Waals surface area (Å²) >= 11 is 5.74. The molecule has 0 radical (unpaired) electrons. The molecule has 0 aliphatic rings. The Labute approximate surface area is 124 Å². The number of carbonyl (C=O) groups is 1. The van der Waals surface area contributed by atoms with Gasteiger partial charge in [0, 0.05) is 18.2 Å². The first-order chi connectivity index (χ1) is 9.97. The quantitative estimate of drug-likeness (QED) is 0.695. The average molecular weight is 309 g/mol. The summed E-state index contributed by atoms with van der Waals surface area (Å²) in [6.45, 7) is 0.216. The molecule has 5 nitrogen and oxygen atoms in total. The monoisotopic (exact) mass is 308 g/mol. The Morgan fingerprint density at radius 2 is 1.90 bits per heavy atom. The van der Waals surface area contributed by atoms with Gasteiger partial charge in [0.05, 0.1) is 4.92 Å². The van der Waals surface area contributed by atoms with Crippen molar-refractivity contribution in [1.29, 1.82) is 0 Å². The highest BCUT2D eigenvalue weighted by atomic mass is 35.5. The molecule has 2 aromatic rings. The molecule has 0 aliphatic carbocycles. The van der Waals surface area contributed by atoms with Gasteiger partial charge >= 0.3 is 0 Å². The van der Waals surface area contributed by atoms with Crippen molar-refractivity contribution in [3.63, 3.8) is 0 Å². The zero-order chi connectivity index (χ0) is 15.4. The molecule has 7 heteroatoms. The molecule has 1 amide bonds. The van der Waals surface area contributed by atoms with Gasteiger partial charge in [-0.15, -0.1) is 0 Å². The number of nitrogens with zero attached hydrogens (tertiary/aromatic N) is 1. The molecule has 0 heterocycles. The maximum atomic E-state index is 12.7. The van der Waals surface area contributed by atoms with Crippen molar-refractivity contribution in [1.82, 2.24) is 5.32 Å². The second-order valence-corrected chi connectivity index (χ2v) is 4.64. The second kappa shape index (κ2) is 6.32. The second-order valence-electron chi connectivity index (χ2n) is 4.23. The van der Waals surface area contributed by atoms with Crippen LogP contribution in [0.1, 0.15) is 15.9 Å². The summed E-state index contributed by atoms with van der Waals surface area (Å²) in [6, 6.07) is 9.43. The Morgan fingerprint density at radius 1 is 1.24 bits per heavy atom. The zero-order valence-electron chi connectivity index (χ0n) is 10.7. The normalized spacial score (nSPS) is 10.2. The van der Waals surface area contributed by atoms with Crippen LogP contribution in [0, 0.1) is 15.9 Å². The van der Waals surface area contributed by atoms with Crippen LogP contribution in [-0.4, -0.2) is 10.8 Å². The fraction of sp³-hybridized carbons (Fsp3) is 0.0714. The van der Waals surface area contributed by atoms with Crippen LogP contribution in [0.15, 0.2) is 42.5 Å². The first kappa shape index (κ1) is 14.9. The van der Waals surface area contributed by atoms with E-state index in [9.17, 15) is 19.3 Å². The van der Waals surface area contributed by atoms with Gasteiger partial charge < -0.3 is 5.32 Å². The van der Waals surface area contributed by atoms with Gasteiger partial charge in [0.25, 0.3) is 11.6 Å². The Hall–Kier alpha value is -2.47. The molecule has 0 saturated carbocycles. The molecule has 0 fully saturated rings. The summed E-state index contributed by atoms with van der Waals surface area (Å²) in [5, 5.41) is 13.1. The lowest BCUT2D eigenvalue weighted by Crippen LogP contribution is -2.22. The van der Waals surface area contributed by atoms with Gasteiger partial charge in [-0.3, -0.25) is 14.9 Å². The van der Waals surface area contributed by atoms with Gasteiger partial charge in [-0.1, -0.05) is 23.7 Å². The number of nitrogens with one attached hydrogen (secondary N) is 1. The van der Waals surface area contributed by atoms with Crippen molar-refractivity contribution in [2.75, 3.05) is 0 Å². The molecular weight excluding hydrogens is 299 g/mol. The standard InChI is InChI=1S/C14H10ClFN2O3/c15-12-7-10(3-6-13(12)18(20)21)14(19)17-8-9-1-4-11(16)5-2-9/h1-7H,8H2,(H,17,19). The number of amides is 1. The molecule has 0 aliphatic heterocycles. The molecular formula is C14H10ClFN2O3. The summed E-state index contributed by atoms with van der Waals surface area (Å²) < 4.78 is 12.7. The molecule has 0 unspecified atom stereocenters. The van der Waals surface area contributed by atoms with Crippen LogP contribution in [0.2, 0.25) is 5.02 Å². The lowest BCUT2D eigenvalue weighted by atomic mass is 10.1. The molecule has 1 N–H and O–H groups in total. The highest BCUT2D eigenvalue weighted by molar-refractivity contribution is 6.33. The van der Waals surface area contributed by atoms with Crippen molar-refractivity contribution in [2.45, 2.75) is 6.54 Å². The zero-order valence-corrected chi connectivity index (χ0v) is 11.4. The number of nitro groups is 1. The average Bonchev–Trinajstić information content (AvgIpc) is 2.45. The van der Waals surface area contributed by atoms with E-state index >= 15 is 0 Å². The first-order valence-corrected chi connectivity index (χ1v) is 6.32. The molecule has 2 aromatic carbocycles. The minimum absolute atomic E-state index is 0.102. The first-order valence-electron chi connectivity index (χ1n) is 5.94.